The minimum Gasteiger partial charge on any atom is -0.489 e. The maximum absolute atomic E-state index is 14.3. The van der Waals surface area contributed by atoms with Crippen LogP contribution in [0.2, 0.25) is 0 Å². The number of benzene rings is 2. The number of likely N-dealkylation sites (N-methyl/N-ethyl adjacent to an activating group) is 1. The first-order valence-electron chi connectivity index (χ1n) is 9.69. The quantitative estimate of drug-likeness (QED) is 0.487. The second-order valence-electron chi connectivity index (χ2n) is 7.04. The van der Waals surface area contributed by atoms with Crippen molar-refractivity contribution in [3.8, 4) is 17.1 Å². The van der Waals surface area contributed by atoms with Crippen molar-refractivity contribution in [1.29, 1.82) is 0 Å². The van der Waals surface area contributed by atoms with E-state index in [0.29, 0.717) is 18.1 Å². The molecule has 0 saturated heterocycles. The molecule has 2 aromatic carbocycles. The maximum Gasteiger partial charge on any atom is 0.229 e. The summed E-state index contributed by atoms with van der Waals surface area (Å²) in [5.74, 6) is 1.21. The second kappa shape index (κ2) is 7.94. The first-order chi connectivity index (χ1) is 15.2. The largest absolute Gasteiger partial charge is 0.489 e. The van der Waals surface area contributed by atoms with Crippen molar-refractivity contribution in [2.45, 2.75) is 0 Å². The van der Waals surface area contributed by atoms with Crippen LogP contribution in [0.25, 0.3) is 11.3 Å². The first kappa shape index (κ1) is 18.9. The Morgan fingerprint density at radius 3 is 2.68 bits per heavy atom. The van der Waals surface area contributed by atoms with Crippen LogP contribution in [-0.2, 0) is 0 Å². The van der Waals surface area contributed by atoms with Crippen LogP contribution in [0.5, 0.6) is 5.75 Å². The Balaban J connectivity index is 1.33. The van der Waals surface area contributed by atoms with E-state index in [0.717, 1.165) is 35.4 Å². The summed E-state index contributed by atoms with van der Waals surface area (Å²) in [6.07, 6.45) is 4.16. The molecule has 0 amide bonds. The highest BCUT2D eigenvalue weighted by molar-refractivity contribution is 5.69. The summed E-state index contributed by atoms with van der Waals surface area (Å²) in [5.41, 5.74) is 3.32. The molecule has 0 atom stereocenters. The molecule has 0 fully saturated rings. The number of halogens is 1. The third-order valence-corrected chi connectivity index (χ3v) is 4.92. The van der Waals surface area contributed by atoms with E-state index >= 15 is 0 Å². The average Bonchev–Trinajstić information content (AvgIpc) is 3.32. The molecular weight excluding hydrogens is 399 g/mol. The van der Waals surface area contributed by atoms with Gasteiger partial charge in [0.15, 0.2) is 23.8 Å². The van der Waals surface area contributed by atoms with Gasteiger partial charge in [-0.3, -0.25) is 0 Å². The molecule has 31 heavy (non-hydrogen) atoms. The molecule has 8 nitrogen and oxygen atoms in total. The Kier molecular flexibility index (Phi) is 4.83. The van der Waals surface area contributed by atoms with Crippen LogP contribution in [0, 0.1) is 5.82 Å². The van der Waals surface area contributed by atoms with Gasteiger partial charge in [0, 0.05) is 30.1 Å². The SMILES string of the molecule is CN1CCOc2cc(Nc3nc(Nc4ccc(-c5cnco5)cc4)ncc3F)ccc21. The smallest absolute Gasteiger partial charge is 0.229 e. The maximum atomic E-state index is 14.3. The lowest BCUT2D eigenvalue weighted by molar-refractivity contribution is 0.311. The van der Waals surface area contributed by atoms with Crippen LogP contribution in [-0.4, -0.2) is 35.2 Å². The summed E-state index contributed by atoms with van der Waals surface area (Å²) >= 11 is 0. The van der Waals surface area contributed by atoms with E-state index in [1.807, 2.05) is 49.5 Å². The van der Waals surface area contributed by atoms with Gasteiger partial charge in [0.25, 0.3) is 0 Å². The summed E-state index contributed by atoms with van der Waals surface area (Å²) < 4.78 is 25.3. The zero-order valence-corrected chi connectivity index (χ0v) is 16.7. The van der Waals surface area contributed by atoms with Crippen LogP contribution < -0.4 is 20.3 Å². The van der Waals surface area contributed by atoms with Gasteiger partial charge in [-0.05, 0) is 36.4 Å². The highest BCUT2D eigenvalue weighted by Gasteiger charge is 2.16. The van der Waals surface area contributed by atoms with E-state index in [9.17, 15) is 4.39 Å². The Labute approximate surface area is 177 Å². The zero-order valence-electron chi connectivity index (χ0n) is 16.7. The summed E-state index contributed by atoms with van der Waals surface area (Å²) in [4.78, 5) is 14.3. The first-order valence-corrected chi connectivity index (χ1v) is 9.69. The molecule has 0 bridgehead atoms. The van der Waals surface area contributed by atoms with E-state index in [2.05, 4.69) is 30.5 Å². The van der Waals surface area contributed by atoms with Gasteiger partial charge in [-0.2, -0.15) is 4.98 Å². The molecule has 0 spiro atoms. The molecule has 5 rings (SSSR count). The average molecular weight is 418 g/mol. The number of rotatable bonds is 5. The molecule has 0 unspecified atom stereocenters. The number of nitrogens with zero attached hydrogens (tertiary/aromatic N) is 4. The van der Waals surface area contributed by atoms with Gasteiger partial charge in [-0.25, -0.2) is 14.4 Å². The minimum absolute atomic E-state index is 0.0693. The predicted molar refractivity (Wildman–Crippen MR) is 116 cm³/mol. The monoisotopic (exact) mass is 418 g/mol. The van der Waals surface area contributed by atoms with Gasteiger partial charge in [0.2, 0.25) is 5.95 Å². The molecular formula is C22H19FN6O2. The Morgan fingerprint density at radius 1 is 1.03 bits per heavy atom. The number of fused-ring (bicyclic) bond motifs is 1. The standard InChI is InChI=1S/C22H19FN6O2/c1-29-8-9-30-19-10-16(6-7-18(19)29)26-21-17(23)11-25-22(28-21)27-15-4-2-14(3-5-15)20-12-24-13-31-20/h2-7,10-13H,8-9H2,1H3,(H2,25,26,27,28). The molecule has 3 heterocycles. The summed E-state index contributed by atoms with van der Waals surface area (Å²) in [7, 11) is 2.01. The van der Waals surface area contributed by atoms with Crippen molar-refractivity contribution in [1.82, 2.24) is 15.0 Å². The number of nitrogens with one attached hydrogen (secondary N) is 2. The fourth-order valence-corrected chi connectivity index (χ4v) is 3.29. The number of ether oxygens (including phenoxy) is 1. The minimum atomic E-state index is -0.554. The van der Waals surface area contributed by atoms with Gasteiger partial charge in [-0.1, -0.05) is 0 Å². The summed E-state index contributed by atoms with van der Waals surface area (Å²) in [6.45, 7) is 1.44. The lowest BCUT2D eigenvalue weighted by atomic mass is 10.2. The molecule has 2 aromatic heterocycles. The van der Waals surface area contributed by atoms with Gasteiger partial charge in [-0.15, -0.1) is 0 Å². The van der Waals surface area contributed by atoms with E-state index in [1.54, 1.807) is 6.20 Å². The molecule has 0 radical (unpaired) electrons. The lowest BCUT2D eigenvalue weighted by Crippen LogP contribution is -2.28. The topological polar surface area (TPSA) is 88.3 Å². The van der Waals surface area contributed by atoms with Gasteiger partial charge >= 0.3 is 0 Å². The van der Waals surface area contributed by atoms with Crippen molar-refractivity contribution >= 4 is 28.8 Å². The van der Waals surface area contributed by atoms with E-state index < -0.39 is 5.82 Å². The van der Waals surface area contributed by atoms with Gasteiger partial charge in [0.1, 0.15) is 12.4 Å². The van der Waals surface area contributed by atoms with E-state index in [-0.39, 0.29) is 11.8 Å². The predicted octanol–water partition coefficient (Wildman–Crippen LogP) is 4.59. The van der Waals surface area contributed by atoms with Crippen LogP contribution >= 0.6 is 0 Å². The third kappa shape index (κ3) is 3.97. The Hall–Kier alpha value is -4.14. The molecule has 0 saturated carbocycles. The Morgan fingerprint density at radius 2 is 1.87 bits per heavy atom. The van der Waals surface area contributed by atoms with Crippen molar-refractivity contribution in [3.63, 3.8) is 0 Å². The fourth-order valence-electron chi connectivity index (χ4n) is 3.29. The van der Waals surface area contributed by atoms with Crippen molar-refractivity contribution in [3.05, 3.63) is 67.1 Å². The molecule has 1 aliphatic rings. The van der Waals surface area contributed by atoms with Gasteiger partial charge in [0.05, 0.1) is 24.6 Å². The highest BCUT2D eigenvalue weighted by Crippen LogP contribution is 2.34. The second-order valence-corrected chi connectivity index (χ2v) is 7.04. The summed E-state index contributed by atoms with van der Waals surface area (Å²) in [5, 5.41) is 6.09. The molecule has 156 valence electrons. The molecule has 2 N–H and O–H groups in total. The molecule has 9 heteroatoms. The number of aromatic nitrogens is 3. The van der Waals surface area contributed by atoms with Crippen molar-refractivity contribution < 1.29 is 13.5 Å². The van der Waals surface area contributed by atoms with Gasteiger partial charge < -0.3 is 24.7 Å². The van der Waals surface area contributed by atoms with Crippen molar-refractivity contribution in [2.24, 2.45) is 0 Å². The lowest BCUT2D eigenvalue weighted by Gasteiger charge is -2.28. The van der Waals surface area contributed by atoms with Crippen LogP contribution in [0.1, 0.15) is 0 Å². The van der Waals surface area contributed by atoms with E-state index in [4.69, 9.17) is 9.15 Å². The van der Waals surface area contributed by atoms with Crippen LogP contribution in [0.3, 0.4) is 0 Å². The molecule has 1 aliphatic heterocycles. The fraction of sp³-hybridized carbons (Fsp3) is 0.136. The van der Waals surface area contributed by atoms with Crippen LogP contribution in [0.4, 0.5) is 33.2 Å². The summed E-state index contributed by atoms with van der Waals surface area (Å²) in [6, 6.07) is 13.1. The van der Waals surface area contributed by atoms with E-state index in [1.165, 1.54) is 6.39 Å². The third-order valence-electron chi connectivity index (χ3n) is 4.92. The molecule has 4 aromatic rings. The number of hydrogen-bond acceptors (Lipinski definition) is 8. The molecule has 0 aliphatic carbocycles. The van der Waals surface area contributed by atoms with Crippen molar-refractivity contribution in [2.75, 3.05) is 35.7 Å². The Bertz CT molecular complexity index is 1200. The highest BCUT2D eigenvalue weighted by atomic mass is 19.1. The number of hydrogen-bond donors (Lipinski definition) is 2. The normalized spacial score (nSPS) is 12.8. The van der Waals surface area contributed by atoms with Crippen LogP contribution in [0.15, 0.2) is 65.7 Å². The number of anilines is 5. The number of oxazole rings is 1. The zero-order chi connectivity index (χ0) is 21.2.